The molecule has 2 aliphatic heterocycles. The van der Waals surface area contributed by atoms with Crippen molar-refractivity contribution in [3.8, 4) is 11.5 Å². The fraction of sp³-hybridized carbons (Fsp3) is 0.600. The Hall–Kier alpha value is -2.78. The van der Waals surface area contributed by atoms with Crippen molar-refractivity contribution in [3.05, 3.63) is 35.0 Å². The van der Waals surface area contributed by atoms with Gasteiger partial charge in [-0.1, -0.05) is 25.3 Å². The summed E-state index contributed by atoms with van der Waals surface area (Å²) in [6.45, 7) is 4.31. The third-order valence-corrected chi connectivity index (χ3v) is 7.18. The van der Waals surface area contributed by atoms with Crippen LogP contribution in [0.2, 0.25) is 0 Å². The number of amides is 2. The molecule has 3 aliphatic rings. The van der Waals surface area contributed by atoms with Gasteiger partial charge in [0, 0.05) is 44.5 Å². The van der Waals surface area contributed by atoms with Crippen molar-refractivity contribution in [1.82, 2.24) is 20.4 Å². The Balaban J connectivity index is 1.55. The quantitative estimate of drug-likeness (QED) is 0.589. The third-order valence-electron chi connectivity index (χ3n) is 7.18. The van der Waals surface area contributed by atoms with Crippen molar-refractivity contribution in [3.63, 3.8) is 0 Å². The normalized spacial score (nSPS) is 22.7. The molecule has 1 aromatic carbocycles. The molecule has 1 aliphatic carbocycles. The van der Waals surface area contributed by atoms with E-state index in [0.29, 0.717) is 40.9 Å². The van der Waals surface area contributed by atoms with Gasteiger partial charge in [-0.25, -0.2) is 9.59 Å². The molecule has 0 radical (unpaired) electrons. The molecule has 0 bridgehead atoms. The molecule has 2 amide bonds. The first kappa shape index (κ1) is 24.3. The number of methoxy groups -OCH3 is 3. The monoisotopic (exact) mass is 472 g/mol. The van der Waals surface area contributed by atoms with Crippen LogP contribution in [0.15, 0.2) is 29.5 Å². The molecule has 1 saturated heterocycles. The molecular formula is C25H36N4O5. The average Bonchev–Trinajstić information content (AvgIpc) is 2.88. The standard InChI is InChI=1S/C25H36N4O5/c1-32-20-10-9-17(15-21(20)33-2)23-22(24(30)34-3)19(26-25(31)27-23)16-28-11-13-29(14-12-28)18-7-5-4-6-8-18/h9-10,15,18,23H,4-8,11-14,16H2,1-3H3,(H2,26,27,31)/t23-/m0/s1. The highest BCUT2D eigenvalue weighted by atomic mass is 16.5. The first-order valence-corrected chi connectivity index (χ1v) is 12.1. The summed E-state index contributed by atoms with van der Waals surface area (Å²) in [5.41, 5.74) is 1.71. The van der Waals surface area contributed by atoms with Crippen LogP contribution in [-0.2, 0) is 9.53 Å². The van der Waals surface area contributed by atoms with Crippen LogP contribution in [-0.4, -0.2) is 81.9 Å². The second-order valence-corrected chi connectivity index (χ2v) is 9.13. The predicted octanol–water partition coefficient (Wildman–Crippen LogP) is 2.44. The Morgan fingerprint density at radius 3 is 2.35 bits per heavy atom. The number of ether oxygens (including phenoxy) is 3. The van der Waals surface area contributed by atoms with Gasteiger partial charge in [-0.15, -0.1) is 0 Å². The van der Waals surface area contributed by atoms with Crippen LogP contribution < -0.4 is 20.1 Å². The molecule has 34 heavy (non-hydrogen) atoms. The lowest BCUT2D eigenvalue weighted by atomic mass is 9.93. The summed E-state index contributed by atoms with van der Waals surface area (Å²) in [6.07, 6.45) is 6.61. The summed E-state index contributed by atoms with van der Waals surface area (Å²) in [4.78, 5) is 30.4. The maximum absolute atomic E-state index is 12.9. The number of carbonyl (C=O) groups excluding carboxylic acids is 2. The Labute approximate surface area is 201 Å². The van der Waals surface area contributed by atoms with Crippen LogP contribution in [0, 0.1) is 0 Å². The van der Waals surface area contributed by atoms with Crippen molar-refractivity contribution >= 4 is 12.0 Å². The van der Waals surface area contributed by atoms with E-state index in [9.17, 15) is 9.59 Å². The lowest BCUT2D eigenvalue weighted by molar-refractivity contribution is -0.136. The molecule has 1 atom stereocenters. The van der Waals surface area contributed by atoms with Gasteiger partial charge >= 0.3 is 12.0 Å². The number of hydrogen-bond donors (Lipinski definition) is 2. The molecule has 2 heterocycles. The van der Waals surface area contributed by atoms with Gasteiger partial charge < -0.3 is 24.8 Å². The van der Waals surface area contributed by atoms with Gasteiger partial charge in [0.1, 0.15) is 0 Å². The topological polar surface area (TPSA) is 92.4 Å². The second-order valence-electron chi connectivity index (χ2n) is 9.13. The number of nitrogens with one attached hydrogen (secondary N) is 2. The molecule has 186 valence electrons. The van der Waals surface area contributed by atoms with Crippen LogP contribution >= 0.6 is 0 Å². The predicted molar refractivity (Wildman–Crippen MR) is 128 cm³/mol. The minimum absolute atomic E-state index is 0.344. The van der Waals surface area contributed by atoms with E-state index in [-0.39, 0.29) is 6.03 Å². The number of urea groups is 1. The van der Waals surface area contributed by atoms with Crippen LogP contribution in [0.5, 0.6) is 11.5 Å². The van der Waals surface area contributed by atoms with E-state index in [1.165, 1.54) is 39.2 Å². The number of piperazine rings is 1. The minimum atomic E-state index is -0.653. The lowest BCUT2D eigenvalue weighted by Crippen LogP contribution is -2.53. The van der Waals surface area contributed by atoms with Gasteiger partial charge in [-0.05, 0) is 30.5 Å². The number of carbonyl (C=O) groups is 2. The minimum Gasteiger partial charge on any atom is -0.493 e. The van der Waals surface area contributed by atoms with E-state index < -0.39 is 12.0 Å². The molecule has 2 fully saturated rings. The Kier molecular flexibility index (Phi) is 7.95. The summed E-state index contributed by atoms with van der Waals surface area (Å²) in [6, 6.07) is 5.07. The summed E-state index contributed by atoms with van der Waals surface area (Å²) in [5, 5.41) is 5.74. The number of benzene rings is 1. The van der Waals surface area contributed by atoms with Crippen molar-refractivity contribution < 1.29 is 23.8 Å². The first-order chi connectivity index (χ1) is 16.5. The molecule has 0 unspecified atom stereocenters. The van der Waals surface area contributed by atoms with Gasteiger partial charge in [0.05, 0.1) is 32.9 Å². The molecule has 4 rings (SSSR count). The van der Waals surface area contributed by atoms with E-state index in [0.717, 1.165) is 26.2 Å². The van der Waals surface area contributed by atoms with E-state index in [1.807, 2.05) is 6.07 Å². The Morgan fingerprint density at radius 2 is 1.71 bits per heavy atom. The lowest BCUT2D eigenvalue weighted by Gasteiger charge is -2.41. The number of hydrogen-bond acceptors (Lipinski definition) is 7. The van der Waals surface area contributed by atoms with Gasteiger partial charge in [-0.3, -0.25) is 9.80 Å². The zero-order valence-corrected chi connectivity index (χ0v) is 20.4. The van der Waals surface area contributed by atoms with E-state index in [1.54, 1.807) is 26.4 Å². The van der Waals surface area contributed by atoms with Gasteiger partial charge in [0.25, 0.3) is 0 Å². The van der Waals surface area contributed by atoms with E-state index >= 15 is 0 Å². The molecule has 1 aromatic rings. The summed E-state index contributed by atoms with van der Waals surface area (Å²) < 4.78 is 15.9. The second kappa shape index (κ2) is 11.1. The van der Waals surface area contributed by atoms with Gasteiger partial charge in [0.15, 0.2) is 11.5 Å². The smallest absolute Gasteiger partial charge is 0.338 e. The maximum Gasteiger partial charge on any atom is 0.338 e. The summed E-state index contributed by atoms with van der Waals surface area (Å²) in [5.74, 6) is 0.631. The Morgan fingerprint density at radius 1 is 1.00 bits per heavy atom. The highest BCUT2D eigenvalue weighted by molar-refractivity contribution is 5.95. The van der Waals surface area contributed by atoms with Crippen molar-refractivity contribution in [2.45, 2.75) is 44.2 Å². The van der Waals surface area contributed by atoms with Crippen LogP contribution in [0.4, 0.5) is 4.79 Å². The van der Waals surface area contributed by atoms with Crippen LogP contribution in [0.25, 0.3) is 0 Å². The summed E-state index contributed by atoms with van der Waals surface area (Å²) in [7, 11) is 4.48. The third kappa shape index (κ3) is 5.31. The fourth-order valence-corrected chi connectivity index (χ4v) is 5.33. The molecule has 0 aromatic heterocycles. The zero-order valence-electron chi connectivity index (χ0n) is 20.4. The van der Waals surface area contributed by atoms with E-state index in [2.05, 4.69) is 20.4 Å². The molecule has 9 nitrogen and oxygen atoms in total. The highest BCUT2D eigenvalue weighted by Gasteiger charge is 2.35. The molecule has 0 spiro atoms. The van der Waals surface area contributed by atoms with Crippen LogP contribution in [0.1, 0.15) is 43.7 Å². The van der Waals surface area contributed by atoms with E-state index in [4.69, 9.17) is 14.2 Å². The number of rotatable bonds is 7. The largest absolute Gasteiger partial charge is 0.493 e. The SMILES string of the molecule is COC(=O)C1=C(CN2CCN(C3CCCCC3)CC2)NC(=O)N[C@H]1c1ccc(OC)c(OC)c1. The highest BCUT2D eigenvalue weighted by Crippen LogP contribution is 2.34. The average molecular weight is 473 g/mol. The van der Waals surface area contributed by atoms with Gasteiger partial charge in [-0.2, -0.15) is 0 Å². The Bertz CT molecular complexity index is 920. The molecular weight excluding hydrogens is 436 g/mol. The fourth-order valence-electron chi connectivity index (χ4n) is 5.33. The van der Waals surface area contributed by atoms with Crippen molar-refractivity contribution in [2.24, 2.45) is 0 Å². The number of esters is 1. The molecule has 1 saturated carbocycles. The van der Waals surface area contributed by atoms with Gasteiger partial charge in [0.2, 0.25) is 0 Å². The number of nitrogens with zero attached hydrogens (tertiary/aromatic N) is 2. The van der Waals surface area contributed by atoms with Crippen molar-refractivity contribution in [2.75, 3.05) is 54.1 Å². The summed E-state index contributed by atoms with van der Waals surface area (Å²) >= 11 is 0. The molecule has 9 heteroatoms. The first-order valence-electron chi connectivity index (χ1n) is 12.1. The maximum atomic E-state index is 12.9. The van der Waals surface area contributed by atoms with Crippen LogP contribution in [0.3, 0.4) is 0 Å². The van der Waals surface area contributed by atoms with Crippen molar-refractivity contribution in [1.29, 1.82) is 0 Å². The zero-order chi connectivity index (χ0) is 24.1. The molecule has 2 N–H and O–H groups in total.